The first-order valence-corrected chi connectivity index (χ1v) is 7.09. The van der Waals surface area contributed by atoms with Crippen LogP contribution in [0.15, 0.2) is 30.5 Å². The Morgan fingerprint density at radius 2 is 1.95 bits per heavy atom. The fourth-order valence-electron chi connectivity index (χ4n) is 1.82. The standard InChI is InChI=1S/C15H18ClN3O2/c1-3-20-11-5-6-14(21-4-2)13(8-11)19-15-12(16)7-10(17)9-18-15/h5-9H,3-4,17H2,1-2H3,(H,18,19). The molecule has 0 unspecified atom stereocenters. The summed E-state index contributed by atoms with van der Waals surface area (Å²) in [4.78, 5) is 4.19. The molecule has 0 aliphatic heterocycles. The Morgan fingerprint density at radius 3 is 2.62 bits per heavy atom. The van der Waals surface area contributed by atoms with Crippen molar-refractivity contribution in [3.63, 3.8) is 0 Å². The van der Waals surface area contributed by atoms with Gasteiger partial charge in [-0.1, -0.05) is 11.6 Å². The summed E-state index contributed by atoms with van der Waals surface area (Å²) in [6.07, 6.45) is 1.54. The number of hydrogen-bond donors (Lipinski definition) is 2. The third-order valence-electron chi connectivity index (χ3n) is 2.68. The molecule has 2 rings (SSSR count). The quantitative estimate of drug-likeness (QED) is 0.848. The summed E-state index contributed by atoms with van der Waals surface area (Å²) in [5.74, 6) is 1.96. The Labute approximate surface area is 129 Å². The van der Waals surface area contributed by atoms with Crippen molar-refractivity contribution in [1.29, 1.82) is 0 Å². The molecule has 1 heterocycles. The number of rotatable bonds is 6. The highest BCUT2D eigenvalue weighted by molar-refractivity contribution is 6.33. The minimum Gasteiger partial charge on any atom is -0.494 e. The summed E-state index contributed by atoms with van der Waals surface area (Å²) in [5, 5.41) is 3.59. The molecule has 0 radical (unpaired) electrons. The predicted octanol–water partition coefficient (Wildman–Crippen LogP) is 3.86. The average Bonchev–Trinajstić information content (AvgIpc) is 2.45. The molecule has 3 N–H and O–H groups in total. The number of nitrogens with one attached hydrogen (secondary N) is 1. The fourth-order valence-corrected chi connectivity index (χ4v) is 2.04. The van der Waals surface area contributed by atoms with Gasteiger partial charge in [-0.25, -0.2) is 4.98 Å². The second-order valence-electron chi connectivity index (χ2n) is 4.25. The number of benzene rings is 1. The van der Waals surface area contributed by atoms with E-state index >= 15 is 0 Å². The number of anilines is 3. The maximum Gasteiger partial charge on any atom is 0.149 e. The Bertz CT molecular complexity index is 620. The summed E-state index contributed by atoms with van der Waals surface area (Å²) >= 11 is 6.13. The van der Waals surface area contributed by atoms with Gasteiger partial charge in [-0.3, -0.25) is 0 Å². The number of nitrogen functional groups attached to an aromatic ring is 1. The molecule has 5 nitrogen and oxygen atoms in total. The highest BCUT2D eigenvalue weighted by Crippen LogP contribution is 2.33. The lowest BCUT2D eigenvalue weighted by atomic mass is 10.2. The molecule has 0 aliphatic carbocycles. The van der Waals surface area contributed by atoms with Crippen molar-refractivity contribution in [1.82, 2.24) is 4.98 Å². The molecular formula is C15H18ClN3O2. The van der Waals surface area contributed by atoms with Crippen molar-refractivity contribution in [3.05, 3.63) is 35.5 Å². The monoisotopic (exact) mass is 307 g/mol. The van der Waals surface area contributed by atoms with Gasteiger partial charge in [-0.2, -0.15) is 0 Å². The van der Waals surface area contributed by atoms with E-state index in [4.69, 9.17) is 26.8 Å². The topological polar surface area (TPSA) is 69.4 Å². The molecule has 0 atom stereocenters. The van der Waals surface area contributed by atoms with E-state index in [-0.39, 0.29) is 0 Å². The molecule has 1 aromatic carbocycles. The number of ether oxygens (including phenoxy) is 2. The van der Waals surface area contributed by atoms with Crippen molar-refractivity contribution in [2.45, 2.75) is 13.8 Å². The van der Waals surface area contributed by atoms with Crippen LogP contribution in [0.3, 0.4) is 0 Å². The highest BCUT2D eigenvalue weighted by atomic mass is 35.5. The largest absolute Gasteiger partial charge is 0.494 e. The van der Waals surface area contributed by atoms with Gasteiger partial charge in [-0.15, -0.1) is 0 Å². The molecule has 21 heavy (non-hydrogen) atoms. The van der Waals surface area contributed by atoms with Crippen LogP contribution < -0.4 is 20.5 Å². The van der Waals surface area contributed by atoms with Gasteiger partial charge in [0, 0.05) is 6.07 Å². The van der Waals surface area contributed by atoms with Gasteiger partial charge < -0.3 is 20.5 Å². The van der Waals surface area contributed by atoms with Gasteiger partial charge in [0.1, 0.15) is 17.3 Å². The minimum absolute atomic E-state index is 0.444. The number of aromatic nitrogens is 1. The van der Waals surface area contributed by atoms with Crippen molar-refractivity contribution >= 4 is 28.8 Å². The van der Waals surface area contributed by atoms with Gasteiger partial charge in [0.2, 0.25) is 0 Å². The molecule has 0 bridgehead atoms. The summed E-state index contributed by atoms with van der Waals surface area (Å²) < 4.78 is 11.1. The highest BCUT2D eigenvalue weighted by Gasteiger charge is 2.09. The number of hydrogen-bond acceptors (Lipinski definition) is 5. The van der Waals surface area contributed by atoms with Crippen LogP contribution in [0.25, 0.3) is 0 Å². The van der Waals surface area contributed by atoms with Crippen molar-refractivity contribution in [2.75, 3.05) is 24.3 Å². The van der Waals surface area contributed by atoms with Crippen LogP contribution in [0.5, 0.6) is 11.5 Å². The van der Waals surface area contributed by atoms with Gasteiger partial charge in [0.15, 0.2) is 0 Å². The SMILES string of the molecule is CCOc1ccc(OCC)c(Nc2ncc(N)cc2Cl)c1. The normalized spacial score (nSPS) is 10.2. The van der Waals surface area contributed by atoms with E-state index in [1.807, 2.05) is 32.0 Å². The molecule has 112 valence electrons. The molecule has 0 spiro atoms. The van der Waals surface area contributed by atoms with Crippen molar-refractivity contribution in [3.8, 4) is 11.5 Å². The van der Waals surface area contributed by atoms with Crippen LogP contribution in [0, 0.1) is 0 Å². The van der Waals surface area contributed by atoms with Gasteiger partial charge in [0.05, 0.1) is 35.8 Å². The van der Waals surface area contributed by atoms with Crippen LogP contribution in [-0.4, -0.2) is 18.2 Å². The molecule has 6 heteroatoms. The molecular weight excluding hydrogens is 290 g/mol. The van der Waals surface area contributed by atoms with Crippen LogP contribution in [0.4, 0.5) is 17.2 Å². The zero-order chi connectivity index (χ0) is 15.2. The molecule has 0 saturated carbocycles. The maximum atomic E-state index is 6.13. The summed E-state index contributed by atoms with van der Waals surface area (Å²) in [5.41, 5.74) is 6.89. The second-order valence-corrected chi connectivity index (χ2v) is 4.66. The predicted molar refractivity (Wildman–Crippen MR) is 85.7 cm³/mol. The third kappa shape index (κ3) is 3.92. The number of halogens is 1. The molecule has 2 aromatic rings. The number of nitrogens with two attached hydrogens (primary N) is 1. The van der Waals surface area contributed by atoms with E-state index in [2.05, 4.69) is 10.3 Å². The van der Waals surface area contributed by atoms with Crippen LogP contribution in [0.1, 0.15) is 13.8 Å². The summed E-state index contributed by atoms with van der Waals surface area (Å²) in [6, 6.07) is 7.20. The first kappa shape index (κ1) is 15.3. The number of pyridine rings is 1. The zero-order valence-corrected chi connectivity index (χ0v) is 12.8. The maximum absolute atomic E-state index is 6.13. The summed E-state index contributed by atoms with van der Waals surface area (Å²) in [6.45, 7) is 5.01. The molecule has 0 amide bonds. The van der Waals surface area contributed by atoms with E-state index < -0.39 is 0 Å². The fraction of sp³-hybridized carbons (Fsp3) is 0.267. The van der Waals surface area contributed by atoms with E-state index in [1.165, 1.54) is 0 Å². The van der Waals surface area contributed by atoms with E-state index in [9.17, 15) is 0 Å². The Balaban J connectivity index is 2.33. The lowest BCUT2D eigenvalue weighted by Gasteiger charge is -2.14. The first-order chi connectivity index (χ1) is 10.1. The smallest absolute Gasteiger partial charge is 0.149 e. The molecule has 0 fully saturated rings. The Kier molecular flexibility index (Phi) is 5.11. The Morgan fingerprint density at radius 1 is 1.19 bits per heavy atom. The average molecular weight is 308 g/mol. The van der Waals surface area contributed by atoms with E-state index in [0.717, 1.165) is 11.4 Å². The van der Waals surface area contributed by atoms with E-state index in [1.54, 1.807) is 12.3 Å². The minimum atomic E-state index is 0.444. The van der Waals surface area contributed by atoms with Crippen LogP contribution in [0.2, 0.25) is 5.02 Å². The lowest BCUT2D eigenvalue weighted by molar-refractivity contribution is 0.332. The summed E-state index contributed by atoms with van der Waals surface area (Å²) in [7, 11) is 0. The molecule has 0 saturated heterocycles. The first-order valence-electron chi connectivity index (χ1n) is 6.71. The molecule has 0 aliphatic rings. The van der Waals surface area contributed by atoms with Crippen molar-refractivity contribution < 1.29 is 9.47 Å². The van der Waals surface area contributed by atoms with E-state index in [0.29, 0.717) is 35.5 Å². The van der Waals surface area contributed by atoms with Crippen molar-refractivity contribution in [2.24, 2.45) is 0 Å². The lowest BCUT2D eigenvalue weighted by Crippen LogP contribution is -2.01. The van der Waals surface area contributed by atoms with Gasteiger partial charge >= 0.3 is 0 Å². The van der Waals surface area contributed by atoms with Gasteiger partial charge in [-0.05, 0) is 32.0 Å². The zero-order valence-electron chi connectivity index (χ0n) is 12.0. The van der Waals surface area contributed by atoms with Gasteiger partial charge in [0.25, 0.3) is 0 Å². The number of nitrogens with zero attached hydrogens (tertiary/aromatic N) is 1. The third-order valence-corrected chi connectivity index (χ3v) is 2.97. The molecule has 1 aromatic heterocycles. The van der Waals surface area contributed by atoms with Crippen LogP contribution >= 0.6 is 11.6 Å². The van der Waals surface area contributed by atoms with Crippen LogP contribution in [-0.2, 0) is 0 Å². The Hall–Kier alpha value is -2.14. The second kappa shape index (κ2) is 7.04.